The molecule has 0 aliphatic heterocycles. The molecule has 0 fully saturated rings. The van der Waals surface area contributed by atoms with Gasteiger partial charge in [0.25, 0.3) is 0 Å². The van der Waals surface area contributed by atoms with Crippen LogP contribution in [0.3, 0.4) is 0 Å². The van der Waals surface area contributed by atoms with Crippen molar-refractivity contribution in [2.75, 3.05) is 60.0 Å². The van der Waals surface area contributed by atoms with E-state index in [2.05, 4.69) is 0 Å². The third-order valence-corrected chi connectivity index (χ3v) is 4.58. The van der Waals surface area contributed by atoms with Gasteiger partial charge in [-0.2, -0.15) is 0 Å². The minimum absolute atomic E-state index is 0.166. The largest absolute Gasteiger partial charge is 0.495 e. The lowest BCUT2D eigenvalue weighted by Gasteiger charge is -2.23. The molecule has 0 aliphatic rings. The van der Waals surface area contributed by atoms with Crippen LogP contribution in [-0.2, 0) is 14.3 Å². The second-order valence-corrected chi connectivity index (χ2v) is 7.15. The molecule has 0 radical (unpaired) electrons. The average Bonchev–Trinajstić information content (AvgIpc) is 2.87. The first kappa shape index (κ1) is 33.6. The summed E-state index contributed by atoms with van der Waals surface area (Å²) in [6, 6.07) is 8.21. The summed E-state index contributed by atoms with van der Waals surface area (Å²) in [6.45, 7) is -3.25. The van der Waals surface area contributed by atoms with Gasteiger partial charge in [-0.05, 0) is 0 Å². The molecule has 13 heteroatoms. The normalized spacial score (nSPS) is 10.7. The van der Waals surface area contributed by atoms with E-state index >= 15 is 0 Å². The summed E-state index contributed by atoms with van der Waals surface area (Å²) in [5.74, 6) is -3.23. The fourth-order valence-corrected chi connectivity index (χ4v) is 1.84. The van der Waals surface area contributed by atoms with Crippen molar-refractivity contribution >= 4 is 17.7 Å². The maximum absolute atomic E-state index is 10.8. The van der Waals surface area contributed by atoms with Crippen LogP contribution in [0.5, 0.6) is 0 Å². The summed E-state index contributed by atoms with van der Waals surface area (Å²) in [7, 11) is 1.23. The third kappa shape index (κ3) is 10.5. The Morgan fingerprint density at radius 1 is 0.647 bits per heavy atom. The van der Waals surface area contributed by atoms with Crippen LogP contribution in [0.4, 0.5) is 0 Å². The van der Waals surface area contributed by atoms with Gasteiger partial charge in [-0.1, -0.05) is 30.3 Å². The SMILES string of the molecule is COC(=C(C(=O)O)C(=O)O)c1ccccc1.OCC(CO)(CO)CO.OCC(CO)(CO)CO. The lowest BCUT2D eigenvalue weighted by Crippen LogP contribution is -2.37. The Labute approximate surface area is 196 Å². The summed E-state index contributed by atoms with van der Waals surface area (Å²) >= 11 is 0. The lowest BCUT2D eigenvalue weighted by molar-refractivity contribution is -0.140. The van der Waals surface area contributed by atoms with Crippen LogP contribution in [0.1, 0.15) is 5.56 Å². The van der Waals surface area contributed by atoms with Crippen LogP contribution in [0.2, 0.25) is 0 Å². The van der Waals surface area contributed by atoms with Crippen molar-refractivity contribution in [1.29, 1.82) is 0 Å². The van der Waals surface area contributed by atoms with Crippen LogP contribution in [0, 0.1) is 10.8 Å². The predicted molar refractivity (Wildman–Crippen MR) is 117 cm³/mol. The number of ether oxygens (including phenoxy) is 1. The number of rotatable bonds is 12. The van der Waals surface area contributed by atoms with Crippen LogP contribution < -0.4 is 0 Å². The van der Waals surface area contributed by atoms with Crippen LogP contribution >= 0.6 is 0 Å². The molecule has 1 rings (SSSR count). The first-order valence-electron chi connectivity index (χ1n) is 9.74. The van der Waals surface area contributed by atoms with Gasteiger partial charge in [0, 0.05) is 5.56 Å². The fraction of sp³-hybridized carbons (Fsp3) is 0.524. The van der Waals surface area contributed by atoms with E-state index in [4.69, 9.17) is 55.8 Å². The van der Waals surface area contributed by atoms with Gasteiger partial charge in [0.1, 0.15) is 5.76 Å². The number of hydrogen-bond donors (Lipinski definition) is 10. The lowest BCUT2D eigenvalue weighted by atomic mass is 9.93. The molecule has 0 atom stereocenters. The number of carboxylic acids is 2. The van der Waals surface area contributed by atoms with Gasteiger partial charge in [0.05, 0.1) is 70.8 Å². The molecule has 0 bridgehead atoms. The zero-order chi connectivity index (χ0) is 26.8. The molecule has 0 saturated carbocycles. The van der Waals surface area contributed by atoms with Gasteiger partial charge < -0.3 is 55.8 Å². The van der Waals surface area contributed by atoms with E-state index in [1.807, 2.05) is 0 Å². The Hall–Kier alpha value is -2.62. The molecule has 0 unspecified atom stereocenters. The molecule has 10 N–H and O–H groups in total. The minimum Gasteiger partial charge on any atom is -0.495 e. The number of carboxylic acid groups (broad SMARTS) is 2. The molecule has 1 aromatic rings. The van der Waals surface area contributed by atoms with Crippen molar-refractivity contribution in [2.24, 2.45) is 10.8 Å². The highest BCUT2D eigenvalue weighted by Crippen LogP contribution is 2.19. The molecule has 196 valence electrons. The number of benzene rings is 1. The highest BCUT2D eigenvalue weighted by Gasteiger charge is 2.27. The van der Waals surface area contributed by atoms with Gasteiger partial charge in [0.2, 0.25) is 0 Å². The summed E-state index contributed by atoms with van der Waals surface area (Å²) in [5.41, 5.74) is -2.60. The Balaban J connectivity index is 0. The zero-order valence-electron chi connectivity index (χ0n) is 18.7. The van der Waals surface area contributed by atoms with Crippen molar-refractivity contribution in [3.8, 4) is 0 Å². The van der Waals surface area contributed by atoms with Gasteiger partial charge in [-0.15, -0.1) is 0 Å². The number of carbonyl (C=O) groups is 2. The topological polar surface area (TPSA) is 246 Å². The average molecular weight is 494 g/mol. The first-order chi connectivity index (χ1) is 16.1. The molecule has 0 amide bonds. The minimum atomic E-state index is -1.53. The maximum atomic E-state index is 10.8. The number of methoxy groups -OCH3 is 1. The molecule has 13 nitrogen and oxygen atoms in total. The van der Waals surface area contributed by atoms with E-state index in [0.717, 1.165) is 0 Å². The standard InChI is InChI=1S/C11H10O5.2C5H12O4/c1-16-9(7-5-3-2-4-6-7)8(10(12)13)11(14)15;2*6-1-5(2-7,3-8)4-9/h2-6H,1H3,(H,12,13)(H,14,15);2*6-9H,1-4H2. The van der Waals surface area contributed by atoms with Gasteiger partial charge in [-0.25, -0.2) is 9.59 Å². The number of aliphatic hydroxyl groups is 8. The van der Waals surface area contributed by atoms with E-state index in [1.54, 1.807) is 30.3 Å². The van der Waals surface area contributed by atoms with Gasteiger partial charge in [0.15, 0.2) is 5.57 Å². The summed E-state index contributed by atoms with van der Waals surface area (Å²) in [6.07, 6.45) is 0. The highest BCUT2D eigenvalue weighted by molar-refractivity contribution is 6.17. The molecular formula is C21H34O13. The molecule has 0 saturated heterocycles. The molecule has 0 spiro atoms. The summed E-state index contributed by atoms with van der Waals surface area (Å²) in [5, 5.41) is 85.5. The zero-order valence-corrected chi connectivity index (χ0v) is 18.7. The second kappa shape index (κ2) is 17.8. The van der Waals surface area contributed by atoms with Gasteiger partial charge in [-0.3, -0.25) is 0 Å². The second-order valence-electron chi connectivity index (χ2n) is 7.15. The van der Waals surface area contributed by atoms with E-state index < -0.39 is 81.2 Å². The van der Waals surface area contributed by atoms with Crippen LogP contribution in [-0.4, -0.2) is 123 Å². The van der Waals surface area contributed by atoms with Crippen molar-refractivity contribution in [3.63, 3.8) is 0 Å². The summed E-state index contributed by atoms with van der Waals surface area (Å²) in [4.78, 5) is 21.6. The third-order valence-electron chi connectivity index (χ3n) is 4.58. The monoisotopic (exact) mass is 494 g/mol. The molecular weight excluding hydrogens is 460 g/mol. The van der Waals surface area contributed by atoms with Crippen molar-refractivity contribution in [1.82, 2.24) is 0 Å². The van der Waals surface area contributed by atoms with E-state index in [-0.39, 0.29) is 5.76 Å². The van der Waals surface area contributed by atoms with Crippen LogP contribution in [0.15, 0.2) is 35.9 Å². The fourth-order valence-electron chi connectivity index (χ4n) is 1.84. The molecule has 1 aromatic carbocycles. The Bertz CT molecular complexity index is 654. The highest BCUT2D eigenvalue weighted by atomic mass is 16.5. The van der Waals surface area contributed by atoms with Crippen molar-refractivity contribution in [3.05, 3.63) is 41.5 Å². The number of aliphatic hydroxyl groups excluding tert-OH is 8. The van der Waals surface area contributed by atoms with Gasteiger partial charge >= 0.3 is 11.9 Å². The number of aliphatic carboxylic acids is 2. The van der Waals surface area contributed by atoms with Crippen LogP contribution in [0.25, 0.3) is 5.76 Å². The Kier molecular flexibility index (Phi) is 17.6. The van der Waals surface area contributed by atoms with E-state index in [1.165, 1.54) is 7.11 Å². The van der Waals surface area contributed by atoms with E-state index in [9.17, 15) is 9.59 Å². The Morgan fingerprint density at radius 3 is 1.12 bits per heavy atom. The molecule has 0 aliphatic carbocycles. The first-order valence-corrected chi connectivity index (χ1v) is 9.74. The van der Waals surface area contributed by atoms with Crippen molar-refractivity contribution in [2.45, 2.75) is 0 Å². The van der Waals surface area contributed by atoms with E-state index in [0.29, 0.717) is 5.56 Å². The Morgan fingerprint density at radius 2 is 0.941 bits per heavy atom. The molecule has 0 aromatic heterocycles. The molecule has 34 heavy (non-hydrogen) atoms. The number of hydrogen-bond acceptors (Lipinski definition) is 11. The maximum Gasteiger partial charge on any atom is 0.347 e. The molecule has 0 heterocycles. The quantitative estimate of drug-likeness (QED) is 0.0607. The predicted octanol–water partition coefficient (Wildman–Crippen LogP) is -2.90. The van der Waals surface area contributed by atoms with Crippen molar-refractivity contribution < 1.29 is 65.4 Å². The smallest absolute Gasteiger partial charge is 0.347 e. The summed E-state index contributed by atoms with van der Waals surface area (Å²) < 4.78 is 4.84.